The average Bonchev–Trinajstić information content (AvgIpc) is 3.55. The van der Waals surface area contributed by atoms with E-state index in [0.717, 1.165) is 36.3 Å². The number of benzene rings is 1. The van der Waals surface area contributed by atoms with Crippen LogP contribution in [0.25, 0.3) is 11.3 Å². The summed E-state index contributed by atoms with van der Waals surface area (Å²) in [4.78, 5) is 29.1. The van der Waals surface area contributed by atoms with Crippen LogP contribution in [0.3, 0.4) is 0 Å². The number of methoxy groups -OCH3 is 2. The molecular formula is C28H32F5N7O3S. The predicted molar refractivity (Wildman–Crippen MR) is 153 cm³/mol. The van der Waals surface area contributed by atoms with Crippen LogP contribution in [0.5, 0.6) is 0 Å². The molecule has 2 aliphatic rings. The molecule has 0 radical (unpaired) electrons. The third-order valence-corrected chi connectivity index (χ3v) is 9.17. The molecule has 10 nitrogen and oxygen atoms in total. The van der Waals surface area contributed by atoms with Crippen molar-refractivity contribution >= 4 is 34.1 Å². The van der Waals surface area contributed by atoms with Crippen LogP contribution in [-0.2, 0) is 27.0 Å². The lowest BCUT2D eigenvalue weighted by Gasteiger charge is -2.39. The number of thiazole rings is 1. The molecule has 3 aromatic rings. The molecule has 0 saturated carbocycles. The maximum Gasteiger partial charge on any atom is 0.416 e. The van der Waals surface area contributed by atoms with E-state index < -0.39 is 34.9 Å². The zero-order valence-electron chi connectivity index (χ0n) is 24.3. The van der Waals surface area contributed by atoms with E-state index in [1.54, 1.807) is 4.90 Å². The molecule has 0 amide bonds. The number of nitrogens with one attached hydrogen (secondary N) is 1. The second-order valence-electron chi connectivity index (χ2n) is 10.8. The lowest BCUT2D eigenvalue weighted by atomic mass is 9.91. The summed E-state index contributed by atoms with van der Waals surface area (Å²) in [6, 6.07) is 2.36. The van der Waals surface area contributed by atoms with Crippen LogP contribution < -0.4 is 16.0 Å². The molecule has 16 heteroatoms. The average molecular weight is 642 g/mol. The van der Waals surface area contributed by atoms with Crippen molar-refractivity contribution in [3.63, 3.8) is 0 Å². The molecule has 3 N–H and O–H groups in total. The van der Waals surface area contributed by atoms with Crippen molar-refractivity contribution in [2.24, 2.45) is 5.73 Å². The van der Waals surface area contributed by atoms with Crippen molar-refractivity contribution in [2.45, 2.75) is 63.1 Å². The van der Waals surface area contributed by atoms with Crippen molar-refractivity contribution < 1.29 is 36.2 Å². The fourth-order valence-corrected chi connectivity index (χ4v) is 6.66. The third kappa shape index (κ3) is 6.34. The van der Waals surface area contributed by atoms with Crippen LogP contribution in [0.4, 0.5) is 38.7 Å². The Kier molecular flexibility index (Phi) is 9.07. The first-order chi connectivity index (χ1) is 20.8. The van der Waals surface area contributed by atoms with Gasteiger partial charge in [-0.3, -0.25) is 4.90 Å². The van der Waals surface area contributed by atoms with Crippen molar-refractivity contribution in [3.05, 3.63) is 46.6 Å². The number of halogens is 5. The third-order valence-electron chi connectivity index (χ3n) is 8.21. The highest BCUT2D eigenvalue weighted by molar-refractivity contribution is 7.16. The Labute approximate surface area is 254 Å². The lowest BCUT2D eigenvalue weighted by molar-refractivity contribution is -0.168. The van der Waals surface area contributed by atoms with Crippen molar-refractivity contribution in [1.82, 2.24) is 19.9 Å². The number of rotatable bonds is 8. The zero-order chi connectivity index (χ0) is 31.8. The molecule has 0 unspecified atom stereocenters. The fourth-order valence-electron chi connectivity index (χ4n) is 5.66. The second kappa shape index (κ2) is 12.5. The highest BCUT2D eigenvalue weighted by Crippen LogP contribution is 2.39. The topological polar surface area (TPSA) is 119 Å². The molecule has 1 aromatic carbocycles. The van der Waals surface area contributed by atoms with Gasteiger partial charge in [-0.2, -0.15) is 17.6 Å². The Bertz CT molecular complexity index is 1500. The molecule has 4 heterocycles. The molecule has 0 aliphatic carbocycles. The Morgan fingerprint density at radius 1 is 1.16 bits per heavy atom. The molecule has 2 aromatic heterocycles. The molecule has 238 valence electrons. The Morgan fingerprint density at radius 3 is 2.50 bits per heavy atom. The monoisotopic (exact) mass is 641 g/mol. The molecule has 2 atom stereocenters. The van der Waals surface area contributed by atoms with E-state index in [-0.39, 0.29) is 72.7 Å². The summed E-state index contributed by atoms with van der Waals surface area (Å²) in [5.74, 6) is -2.57. The Balaban J connectivity index is 1.45. The summed E-state index contributed by atoms with van der Waals surface area (Å²) in [5.41, 5.74) is 4.05. The second-order valence-corrected chi connectivity index (χ2v) is 11.9. The van der Waals surface area contributed by atoms with Crippen LogP contribution in [0.1, 0.15) is 43.0 Å². The van der Waals surface area contributed by atoms with E-state index in [1.165, 1.54) is 20.5 Å². The number of nitrogens with two attached hydrogens (primary N) is 1. The first kappa shape index (κ1) is 31.9. The van der Waals surface area contributed by atoms with Crippen LogP contribution >= 0.6 is 11.3 Å². The van der Waals surface area contributed by atoms with Gasteiger partial charge in [-0.05, 0) is 38.0 Å². The number of alkyl halides is 3. The summed E-state index contributed by atoms with van der Waals surface area (Å²) >= 11 is 1.09. The minimum Gasteiger partial charge on any atom is -0.467 e. The molecule has 5 rings (SSSR count). The lowest BCUT2D eigenvalue weighted by Crippen LogP contribution is -2.51. The molecule has 0 bridgehead atoms. The van der Waals surface area contributed by atoms with Crippen molar-refractivity contribution in [1.29, 1.82) is 0 Å². The minimum atomic E-state index is -4.77. The van der Waals surface area contributed by atoms with E-state index in [9.17, 15) is 22.4 Å². The van der Waals surface area contributed by atoms with Gasteiger partial charge >= 0.3 is 12.1 Å². The van der Waals surface area contributed by atoms with E-state index in [2.05, 4.69) is 20.3 Å². The number of ether oxygens (including phenoxy) is 2. The normalized spacial score (nSPS) is 20.6. The van der Waals surface area contributed by atoms with E-state index in [4.69, 9.17) is 15.2 Å². The number of anilines is 3. The van der Waals surface area contributed by atoms with Gasteiger partial charge in [0.15, 0.2) is 22.4 Å². The summed E-state index contributed by atoms with van der Waals surface area (Å²) in [6.07, 6.45) is -1.80. The maximum atomic E-state index is 15.8. The number of carbonyl (C=O) groups is 1. The SMILES string of the molecule is COC(=O)C1(OC)CCN(c2ncnc(Nc3nc(-c4cc(F)cc(C(F)(F)F)c4)c(CN4[C@H](C)CC[C@H]4N)s3)c2F)CC1. The van der Waals surface area contributed by atoms with Gasteiger partial charge in [-0.25, -0.2) is 24.1 Å². The highest BCUT2D eigenvalue weighted by Gasteiger charge is 2.43. The van der Waals surface area contributed by atoms with E-state index >= 15 is 4.39 Å². The van der Waals surface area contributed by atoms with Gasteiger partial charge in [-0.1, -0.05) is 11.3 Å². The fraction of sp³-hybridized carbons (Fsp3) is 0.500. The molecule has 2 fully saturated rings. The van der Waals surface area contributed by atoms with Crippen LogP contribution in [-0.4, -0.2) is 70.9 Å². The zero-order valence-corrected chi connectivity index (χ0v) is 25.1. The van der Waals surface area contributed by atoms with Crippen molar-refractivity contribution in [2.75, 3.05) is 37.5 Å². The molecule has 44 heavy (non-hydrogen) atoms. The summed E-state index contributed by atoms with van der Waals surface area (Å²) in [5, 5.41) is 2.97. The number of carbonyl (C=O) groups excluding carboxylic acids is 1. The number of hydrogen-bond acceptors (Lipinski definition) is 11. The number of aromatic nitrogens is 3. The molecule has 0 spiro atoms. The number of likely N-dealkylation sites (tertiary alicyclic amines) is 1. The Hall–Kier alpha value is -3.47. The number of esters is 1. The highest BCUT2D eigenvalue weighted by atomic mass is 32.1. The van der Waals surface area contributed by atoms with Gasteiger partial charge in [-0.15, -0.1) is 0 Å². The first-order valence-electron chi connectivity index (χ1n) is 13.9. The van der Waals surface area contributed by atoms with Crippen LogP contribution in [0.15, 0.2) is 24.5 Å². The van der Waals surface area contributed by atoms with Crippen LogP contribution in [0.2, 0.25) is 0 Å². The quantitative estimate of drug-likeness (QED) is 0.255. The van der Waals surface area contributed by atoms with Gasteiger partial charge < -0.3 is 25.4 Å². The maximum absolute atomic E-state index is 15.8. The largest absolute Gasteiger partial charge is 0.467 e. The van der Waals surface area contributed by atoms with E-state index in [1.807, 2.05) is 11.8 Å². The smallest absolute Gasteiger partial charge is 0.416 e. The van der Waals surface area contributed by atoms with Gasteiger partial charge in [0.25, 0.3) is 0 Å². The minimum absolute atomic E-state index is 0.00844. The van der Waals surface area contributed by atoms with Crippen molar-refractivity contribution in [3.8, 4) is 11.3 Å². The molecule has 2 aliphatic heterocycles. The summed E-state index contributed by atoms with van der Waals surface area (Å²) in [6.45, 7) is 2.74. The van der Waals surface area contributed by atoms with Gasteiger partial charge in [0.1, 0.15) is 12.1 Å². The van der Waals surface area contributed by atoms with Gasteiger partial charge in [0.05, 0.1) is 24.5 Å². The number of piperidine rings is 1. The molecular weight excluding hydrogens is 609 g/mol. The Morgan fingerprint density at radius 2 is 1.89 bits per heavy atom. The predicted octanol–water partition coefficient (Wildman–Crippen LogP) is 5.07. The number of hydrogen-bond donors (Lipinski definition) is 2. The summed E-state index contributed by atoms with van der Waals surface area (Å²) in [7, 11) is 2.69. The number of nitrogens with zero attached hydrogens (tertiary/aromatic N) is 5. The van der Waals surface area contributed by atoms with E-state index in [0.29, 0.717) is 10.9 Å². The molecule has 2 saturated heterocycles. The van der Waals surface area contributed by atoms with Crippen LogP contribution in [0, 0.1) is 11.6 Å². The summed E-state index contributed by atoms with van der Waals surface area (Å²) < 4.78 is 81.1. The first-order valence-corrected chi connectivity index (χ1v) is 14.7. The van der Waals surface area contributed by atoms with Gasteiger partial charge in [0.2, 0.25) is 5.82 Å². The van der Waals surface area contributed by atoms with Gasteiger partial charge in [0, 0.05) is 56.1 Å². The standard InChI is InChI=1S/C28H32F5N7O3S/c1-15-4-5-20(34)40(15)13-19-22(16-10-17(28(31,32)33)12-18(29)11-16)37-26(44-19)38-23-21(30)24(36-14-35-23)39-8-6-27(43-3,7-9-39)25(41)42-2/h10-12,14-15,20H,4-9,13,34H2,1-3H3,(H,35,36,37,38)/t15-,20+/m1/s1.